The second-order valence-corrected chi connectivity index (χ2v) is 2.20. The van der Waals surface area contributed by atoms with E-state index in [1.807, 2.05) is 0 Å². The molecule has 0 heterocycles. The van der Waals surface area contributed by atoms with Gasteiger partial charge in [-0.3, -0.25) is 5.32 Å². The van der Waals surface area contributed by atoms with Gasteiger partial charge in [0, 0.05) is 27.9 Å². The average Bonchev–Trinajstić information content (AvgIpc) is 2.03. The molecular formula is C7H17NO3. The van der Waals surface area contributed by atoms with Crippen molar-refractivity contribution in [2.45, 2.75) is 6.10 Å². The fourth-order valence-corrected chi connectivity index (χ4v) is 0.718. The van der Waals surface area contributed by atoms with Crippen LogP contribution in [0.4, 0.5) is 0 Å². The van der Waals surface area contributed by atoms with Crippen LogP contribution in [-0.4, -0.2) is 47.3 Å². The van der Waals surface area contributed by atoms with Gasteiger partial charge in [0.2, 0.25) is 0 Å². The highest BCUT2D eigenvalue weighted by molar-refractivity contribution is 4.57. The van der Waals surface area contributed by atoms with Gasteiger partial charge in [-0.25, -0.2) is 0 Å². The molecular weight excluding hydrogens is 146 g/mol. The number of nitrogens with one attached hydrogen (secondary N) is 1. The van der Waals surface area contributed by atoms with Crippen molar-refractivity contribution < 1.29 is 14.2 Å². The maximum absolute atomic E-state index is 5.09. The zero-order valence-corrected chi connectivity index (χ0v) is 7.42. The second-order valence-electron chi connectivity index (χ2n) is 2.20. The standard InChI is InChI=1S/C7H17NO3/c1-9-5-7(11-3)4-8-6-10-2/h7-8H,4-6H2,1-3H3. The van der Waals surface area contributed by atoms with E-state index in [9.17, 15) is 0 Å². The monoisotopic (exact) mass is 163 g/mol. The van der Waals surface area contributed by atoms with Crippen LogP contribution in [0.5, 0.6) is 0 Å². The Morgan fingerprint density at radius 2 is 1.91 bits per heavy atom. The lowest BCUT2D eigenvalue weighted by Crippen LogP contribution is -2.32. The molecule has 0 saturated carbocycles. The van der Waals surface area contributed by atoms with E-state index in [-0.39, 0.29) is 6.10 Å². The van der Waals surface area contributed by atoms with E-state index in [1.54, 1.807) is 21.3 Å². The summed E-state index contributed by atoms with van der Waals surface area (Å²) in [6, 6.07) is 0. The number of hydrogen-bond acceptors (Lipinski definition) is 4. The minimum absolute atomic E-state index is 0.107. The minimum Gasteiger partial charge on any atom is -0.382 e. The highest BCUT2D eigenvalue weighted by Crippen LogP contribution is 1.87. The van der Waals surface area contributed by atoms with Crippen LogP contribution in [-0.2, 0) is 14.2 Å². The lowest BCUT2D eigenvalue weighted by molar-refractivity contribution is 0.0234. The molecule has 68 valence electrons. The molecule has 1 N–H and O–H groups in total. The molecule has 0 aromatic heterocycles. The molecule has 0 aromatic rings. The molecule has 0 aliphatic carbocycles. The fraction of sp³-hybridized carbons (Fsp3) is 1.00. The van der Waals surface area contributed by atoms with E-state index in [0.29, 0.717) is 13.3 Å². The van der Waals surface area contributed by atoms with Gasteiger partial charge in [0.25, 0.3) is 0 Å². The molecule has 0 aliphatic heterocycles. The predicted octanol–water partition coefficient (Wildman–Crippen LogP) is -0.159. The van der Waals surface area contributed by atoms with Crippen LogP contribution >= 0.6 is 0 Å². The lowest BCUT2D eigenvalue weighted by atomic mass is 10.4. The van der Waals surface area contributed by atoms with Gasteiger partial charge in [-0.05, 0) is 0 Å². The van der Waals surface area contributed by atoms with Crippen LogP contribution in [0, 0.1) is 0 Å². The van der Waals surface area contributed by atoms with E-state index in [4.69, 9.17) is 14.2 Å². The zero-order chi connectivity index (χ0) is 8.53. The van der Waals surface area contributed by atoms with Gasteiger partial charge in [0.05, 0.1) is 19.4 Å². The summed E-state index contributed by atoms with van der Waals surface area (Å²) in [7, 11) is 4.96. The molecule has 0 rings (SSSR count). The van der Waals surface area contributed by atoms with Gasteiger partial charge in [-0.1, -0.05) is 0 Å². The van der Waals surface area contributed by atoms with Crippen LogP contribution < -0.4 is 5.32 Å². The molecule has 0 fully saturated rings. The van der Waals surface area contributed by atoms with Crippen molar-refractivity contribution in [3.63, 3.8) is 0 Å². The first-order chi connectivity index (χ1) is 5.35. The maximum Gasteiger partial charge on any atom is 0.0962 e. The van der Waals surface area contributed by atoms with Crippen molar-refractivity contribution in [2.24, 2.45) is 0 Å². The Balaban J connectivity index is 3.20. The van der Waals surface area contributed by atoms with Crippen LogP contribution in [0.15, 0.2) is 0 Å². The Hall–Kier alpha value is -0.160. The second kappa shape index (κ2) is 7.94. The third-order valence-electron chi connectivity index (χ3n) is 1.30. The number of rotatable bonds is 7. The smallest absolute Gasteiger partial charge is 0.0962 e. The number of ether oxygens (including phenoxy) is 3. The van der Waals surface area contributed by atoms with Gasteiger partial charge in [0.1, 0.15) is 0 Å². The van der Waals surface area contributed by atoms with Crippen molar-refractivity contribution in [1.29, 1.82) is 0 Å². The SMILES string of the molecule is COCNCC(COC)OC. The molecule has 0 saturated heterocycles. The van der Waals surface area contributed by atoms with Gasteiger partial charge in [0.15, 0.2) is 0 Å². The third kappa shape index (κ3) is 6.25. The molecule has 0 amide bonds. The Labute approximate surface area is 67.8 Å². The summed E-state index contributed by atoms with van der Waals surface area (Å²) in [5, 5.41) is 3.04. The first-order valence-corrected chi connectivity index (χ1v) is 3.56. The van der Waals surface area contributed by atoms with E-state index in [0.717, 1.165) is 6.54 Å². The van der Waals surface area contributed by atoms with Gasteiger partial charge in [-0.2, -0.15) is 0 Å². The molecule has 1 atom stereocenters. The Kier molecular flexibility index (Phi) is 7.83. The molecule has 0 aromatic carbocycles. The summed E-state index contributed by atoms with van der Waals surface area (Å²) in [4.78, 5) is 0. The van der Waals surface area contributed by atoms with Gasteiger partial charge < -0.3 is 14.2 Å². The van der Waals surface area contributed by atoms with E-state index >= 15 is 0 Å². The normalized spacial score (nSPS) is 13.4. The summed E-state index contributed by atoms with van der Waals surface area (Å²) < 4.78 is 14.8. The van der Waals surface area contributed by atoms with Crippen LogP contribution in [0.2, 0.25) is 0 Å². The van der Waals surface area contributed by atoms with Crippen LogP contribution in [0.3, 0.4) is 0 Å². The zero-order valence-electron chi connectivity index (χ0n) is 7.42. The van der Waals surface area contributed by atoms with Crippen molar-refractivity contribution in [1.82, 2.24) is 5.32 Å². The summed E-state index contributed by atoms with van der Waals surface area (Å²) in [5.74, 6) is 0. The number of hydrogen-bond donors (Lipinski definition) is 1. The topological polar surface area (TPSA) is 39.7 Å². The third-order valence-corrected chi connectivity index (χ3v) is 1.30. The Bertz CT molecular complexity index is 80.1. The lowest BCUT2D eigenvalue weighted by Gasteiger charge is -2.14. The highest BCUT2D eigenvalue weighted by Gasteiger charge is 2.04. The first kappa shape index (κ1) is 10.8. The minimum atomic E-state index is 0.107. The van der Waals surface area contributed by atoms with Crippen molar-refractivity contribution in [3.05, 3.63) is 0 Å². The van der Waals surface area contributed by atoms with E-state index in [1.165, 1.54) is 0 Å². The molecule has 1 unspecified atom stereocenters. The van der Waals surface area contributed by atoms with Gasteiger partial charge >= 0.3 is 0 Å². The molecule has 0 aliphatic rings. The van der Waals surface area contributed by atoms with Gasteiger partial charge in [-0.15, -0.1) is 0 Å². The summed E-state index contributed by atoms with van der Waals surface area (Å²) in [5.41, 5.74) is 0. The summed E-state index contributed by atoms with van der Waals surface area (Å²) in [6.07, 6.45) is 0.107. The quantitative estimate of drug-likeness (QED) is 0.418. The van der Waals surface area contributed by atoms with E-state index in [2.05, 4.69) is 5.32 Å². The fourth-order valence-electron chi connectivity index (χ4n) is 0.718. The maximum atomic E-state index is 5.09. The first-order valence-electron chi connectivity index (χ1n) is 3.56. The Morgan fingerprint density at radius 3 is 2.36 bits per heavy atom. The van der Waals surface area contributed by atoms with E-state index < -0.39 is 0 Å². The summed E-state index contributed by atoms with van der Waals surface area (Å²) in [6.45, 7) is 1.90. The average molecular weight is 163 g/mol. The predicted molar refractivity (Wildman–Crippen MR) is 42.6 cm³/mol. The van der Waals surface area contributed by atoms with Crippen LogP contribution in [0.1, 0.15) is 0 Å². The Morgan fingerprint density at radius 1 is 1.18 bits per heavy atom. The van der Waals surface area contributed by atoms with Crippen molar-refractivity contribution >= 4 is 0 Å². The molecule has 0 spiro atoms. The highest BCUT2D eigenvalue weighted by atomic mass is 16.5. The summed E-state index contributed by atoms with van der Waals surface area (Å²) >= 11 is 0. The largest absolute Gasteiger partial charge is 0.382 e. The molecule has 11 heavy (non-hydrogen) atoms. The molecule has 4 heteroatoms. The molecule has 0 bridgehead atoms. The molecule has 4 nitrogen and oxygen atoms in total. The van der Waals surface area contributed by atoms with Crippen molar-refractivity contribution in [2.75, 3.05) is 41.2 Å². The molecule has 0 radical (unpaired) electrons. The van der Waals surface area contributed by atoms with Crippen LogP contribution in [0.25, 0.3) is 0 Å². The van der Waals surface area contributed by atoms with Crippen molar-refractivity contribution in [3.8, 4) is 0 Å². The number of methoxy groups -OCH3 is 3.